The van der Waals surface area contributed by atoms with Crippen molar-refractivity contribution in [2.75, 3.05) is 5.32 Å². The van der Waals surface area contributed by atoms with Crippen molar-refractivity contribution in [2.24, 2.45) is 5.73 Å². The summed E-state index contributed by atoms with van der Waals surface area (Å²) < 4.78 is 26.1. The highest BCUT2D eigenvalue weighted by Gasteiger charge is 2.13. The van der Waals surface area contributed by atoms with Crippen molar-refractivity contribution in [1.82, 2.24) is 0 Å². The molecule has 3 nitrogen and oxygen atoms in total. The second-order valence-corrected chi connectivity index (χ2v) is 4.39. The number of carbonyl (C=O) groups is 1. The van der Waals surface area contributed by atoms with Gasteiger partial charge in [-0.05, 0) is 17.7 Å². The molecule has 3 N–H and O–H groups in total. The van der Waals surface area contributed by atoms with Crippen LogP contribution in [0.25, 0.3) is 0 Å². The van der Waals surface area contributed by atoms with Crippen LogP contribution in [0.4, 0.5) is 14.5 Å². The molecule has 5 heteroatoms. The van der Waals surface area contributed by atoms with E-state index in [1.165, 1.54) is 6.07 Å². The molecule has 0 aromatic heterocycles. The Morgan fingerprint density at radius 2 is 1.85 bits per heavy atom. The lowest BCUT2D eigenvalue weighted by atomic mass is 10.0. The Bertz CT molecular complexity index is 602. The summed E-state index contributed by atoms with van der Waals surface area (Å²) >= 11 is 0. The molecule has 1 unspecified atom stereocenters. The molecule has 2 aromatic rings. The number of hydrogen-bond donors (Lipinski definition) is 2. The van der Waals surface area contributed by atoms with Crippen LogP contribution in [-0.2, 0) is 4.79 Å². The minimum absolute atomic E-state index is 0.0147. The second kappa shape index (κ2) is 6.25. The van der Waals surface area contributed by atoms with Crippen LogP contribution in [0.3, 0.4) is 0 Å². The van der Waals surface area contributed by atoms with Gasteiger partial charge in [0.2, 0.25) is 5.91 Å². The third-order valence-corrected chi connectivity index (χ3v) is 2.84. The first kappa shape index (κ1) is 14.1. The van der Waals surface area contributed by atoms with Crippen LogP contribution in [0.15, 0.2) is 48.5 Å². The fraction of sp³-hybridized carbons (Fsp3) is 0.133. The predicted octanol–water partition coefficient (Wildman–Crippen LogP) is 2.99. The van der Waals surface area contributed by atoms with E-state index in [4.69, 9.17) is 5.73 Å². The third kappa shape index (κ3) is 3.61. The smallest absolute Gasteiger partial charge is 0.226 e. The molecule has 2 aromatic carbocycles. The molecule has 0 aliphatic heterocycles. The highest BCUT2D eigenvalue weighted by atomic mass is 19.1. The Morgan fingerprint density at radius 1 is 1.15 bits per heavy atom. The summed E-state index contributed by atoms with van der Waals surface area (Å²) in [7, 11) is 0. The molecule has 0 aliphatic carbocycles. The van der Waals surface area contributed by atoms with Crippen LogP contribution in [0, 0.1) is 11.6 Å². The van der Waals surface area contributed by atoms with Gasteiger partial charge in [-0.3, -0.25) is 4.79 Å². The molecular formula is C15H14F2N2O. The van der Waals surface area contributed by atoms with E-state index in [-0.39, 0.29) is 12.1 Å². The van der Waals surface area contributed by atoms with E-state index in [1.54, 1.807) is 0 Å². The molecule has 0 aliphatic rings. The van der Waals surface area contributed by atoms with Crippen molar-refractivity contribution < 1.29 is 13.6 Å². The van der Waals surface area contributed by atoms with Gasteiger partial charge < -0.3 is 11.1 Å². The number of hydrogen-bond acceptors (Lipinski definition) is 2. The second-order valence-electron chi connectivity index (χ2n) is 4.39. The van der Waals surface area contributed by atoms with E-state index in [2.05, 4.69) is 5.32 Å². The van der Waals surface area contributed by atoms with Crippen LogP contribution < -0.4 is 11.1 Å². The van der Waals surface area contributed by atoms with Gasteiger partial charge in [-0.25, -0.2) is 8.78 Å². The van der Waals surface area contributed by atoms with Gasteiger partial charge in [-0.2, -0.15) is 0 Å². The van der Waals surface area contributed by atoms with Gasteiger partial charge in [-0.1, -0.05) is 30.3 Å². The molecule has 1 atom stereocenters. The number of anilines is 1. The maximum absolute atomic E-state index is 13.4. The Balaban J connectivity index is 1.99. The van der Waals surface area contributed by atoms with E-state index < -0.39 is 23.6 Å². The fourth-order valence-corrected chi connectivity index (χ4v) is 1.81. The van der Waals surface area contributed by atoms with Gasteiger partial charge in [0.1, 0.15) is 11.6 Å². The van der Waals surface area contributed by atoms with E-state index in [0.29, 0.717) is 6.07 Å². The fourth-order valence-electron chi connectivity index (χ4n) is 1.81. The average molecular weight is 276 g/mol. The first-order valence-corrected chi connectivity index (χ1v) is 6.11. The van der Waals surface area contributed by atoms with Crippen molar-refractivity contribution in [2.45, 2.75) is 12.5 Å². The topological polar surface area (TPSA) is 55.1 Å². The molecular weight excluding hydrogens is 262 g/mol. The first-order chi connectivity index (χ1) is 9.56. The third-order valence-electron chi connectivity index (χ3n) is 2.84. The molecule has 0 bridgehead atoms. The number of carbonyl (C=O) groups excluding carboxylic acids is 1. The lowest BCUT2D eigenvalue weighted by molar-refractivity contribution is -0.116. The van der Waals surface area contributed by atoms with Crippen molar-refractivity contribution in [3.8, 4) is 0 Å². The first-order valence-electron chi connectivity index (χ1n) is 6.11. The SMILES string of the molecule is NC(CC(=O)Nc1ccc(F)cc1F)c1ccccc1. The number of benzene rings is 2. The zero-order valence-electron chi connectivity index (χ0n) is 10.6. The van der Waals surface area contributed by atoms with E-state index in [0.717, 1.165) is 11.6 Å². The monoisotopic (exact) mass is 276 g/mol. The van der Waals surface area contributed by atoms with Crippen LogP contribution in [0.1, 0.15) is 18.0 Å². The summed E-state index contributed by atoms with van der Waals surface area (Å²) in [6, 6.07) is 11.6. The molecule has 104 valence electrons. The summed E-state index contributed by atoms with van der Waals surface area (Å²) in [6.45, 7) is 0. The molecule has 0 fully saturated rings. The largest absolute Gasteiger partial charge is 0.324 e. The maximum atomic E-state index is 13.4. The highest BCUT2D eigenvalue weighted by Crippen LogP contribution is 2.18. The van der Waals surface area contributed by atoms with Gasteiger partial charge in [0.15, 0.2) is 0 Å². The van der Waals surface area contributed by atoms with Crippen molar-refractivity contribution in [3.63, 3.8) is 0 Å². The zero-order valence-corrected chi connectivity index (χ0v) is 10.6. The van der Waals surface area contributed by atoms with Crippen molar-refractivity contribution in [1.29, 1.82) is 0 Å². The zero-order chi connectivity index (χ0) is 14.5. The number of rotatable bonds is 4. The quantitative estimate of drug-likeness (QED) is 0.902. The highest BCUT2D eigenvalue weighted by molar-refractivity contribution is 5.91. The van der Waals surface area contributed by atoms with Crippen LogP contribution in [0.5, 0.6) is 0 Å². The summed E-state index contributed by atoms with van der Waals surface area (Å²) in [4.78, 5) is 11.8. The molecule has 1 amide bonds. The van der Waals surface area contributed by atoms with Gasteiger partial charge in [0.05, 0.1) is 5.69 Å². The van der Waals surface area contributed by atoms with E-state index >= 15 is 0 Å². The predicted molar refractivity (Wildman–Crippen MR) is 73.0 cm³/mol. The van der Waals surface area contributed by atoms with Crippen LogP contribution >= 0.6 is 0 Å². The number of nitrogens with one attached hydrogen (secondary N) is 1. The maximum Gasteiger partial charge on any atom is 0.226 e. The molecule has 20 heavy (non-hydrogen) atoms. The molecule has 0 saturated heterocycles. The Morgan fingerprint density at radius 3 is 2.50 bits per heavy atom. The standard InChI is InChI=1S/C15H14F2N2O/c16-11-6-7-14(12(17)8-11)19-15(20)9-13(18)10-4-2-1-3-5-10/h1-8,13H,9,18H2,(H,19,20). The molecule has 0 spiro atoms. The Hall–Kier alpha value is -2.27. The molecule has 0 radical (unpaired) electrons. The van der Waals surface area contributed by atoms with Crippen molar-refractivity contribution >= 4 is 11.6 Å². The Labute approximate surface area is 115 Å². The average Bonchev–Trinajstić information content (AvgIpc) is 2.43. The van der Waals surface area contributed by atoms with Crippen LogP contribution in [-0.4, -0.2) is 5.91 Å². The van der Waals surface area contributed by atoms with E-state index in [9.17, 15) is 13.6 Å². The van der Waals surface area contributed by atoms with Crippen LogP contribution in [0.2, 0.25) is 0 Å². The molecule has 0 saturated carbocycles. The minimum Gasteiger partial charge on any atom is -0.324 e. The summed E-state index contributed by atoms with van der Waals surface area (Å²) in [5.41, 5.74) is 6.66. The lowest BCUT2D eigenvalue weighted by Crippen LogP contribution is -2.21. The van der Waals surface area contributed by atoms with E-state index in [1.807, 2.05) is 30.3 Å². The molecule has 2 rings (SSSR count). The summed E-state index contributed by atoms with van der Waals surface area (Å²) in [6.07, 6.45) is 0.0147. The van der Waals surface area contributed by atoms with Crippen molar-refractivity contribution in [3.05, 3.63) is 65.7 Å². The number of halogens is 2. The van der Waals surface area contributed by atoms with Gasteiger partial charge in [0, 0.05) is 18.5 Å². The summed E-state index contributed by atoms with van der Waals surface area (Å²) in [5.74, 6) is -1.93. The number of amides is 1. The Kier molecular flexibility index (Phi) is 4.42. The lowest BCUT2D eigenvalue weighted by Gasteiger charge is -2.12. The normalized spacial score (nSPS) is 11.9. The minimum atomic E-state index is -0.813. The molecule has 0 heterocycles. The van der Waals surface area contributed by atoms with Gasteiger partial charge in [0.25, 0.3) is 0 Å². The van der Waals surface area contributed by atoms with Gasteiger partial charge in [-0.15, -0.1) is 0 Å². The van der Waals surface area contributed by atoms with Gasteiger partial charge >= 0.3 is 0 Å². The number of nitrogens with two attached hydrogens (primary N) is 1. The summed E-state index contributed by atoms with van der Waals surface area (Å²) in [5, 5.41) is 2.38.